The summed E-state index contributed by atoms with van der Waals surface area (Å²) < 4.78 is 1.77. The van der Waals surface area contributed by atoms with E-state index >= 15 is 0 Å². The summed E-state index contributed by atoms with van der Waals surface area (Å²) in [5.74, 6) is 0.455. The minimum Gasteiger partial charge on any atom is -0.352 e. The maximum atomic E-state index is 12.2. The molecular weight excluding hydrogens is 290 g/mol. The molecule has 3 aromatic rings. The molecule has 0 aliphatic heterocycles. The highest BCUT2D eigenvalue weighted by Gasteiger charge is 2.19. The number of aromatic nitrogens is 4. The molecule has 6 nitrogen and oxygen atoms in total. The lowest BCUT2D eigenvalue weighted by Crippen LogP contribution is -2.24. The van der Waals surface area contributed by atoms with E-state index in [0.717, 1.165) is 0 Å². The Morgan fingerprint density at radius 3 is 2.70 bits per heavy atom. The predicted octanol–water partition coefficient (Wildman–Crippen LogP) is 2.80. The fraction of sp³-hybridized carbons (Fsp3) is 0.353. The van der Waals surface area contributed by atoms with Crippen LogP contribution in [0.1, 0.15) is 31.9 Å². The minimum absolute atomic E-state index is 0.183. The van der Waals surface area contributed by atoms with Crippen molar-refractivity contribution in [2.45, 2.75) is 39.8 Å². The molecular formula is C17H21N5O. The van der Waals surface area contributed by atoms with Gasteiger partial charge in [-0.25, -0.2) is 4.68 Å². The van der Waals surface area contributed by atoms with Crippen molar-refractivity contribution in [1.82, 2.24) is 19.7 Å². The third kappa shape index (κ3) is 2.97. The lowest BCUT2D eigenvalue weighted by atomic mass is 10.1. The van der Waals surface area contributed by atoms with Crippen LogP contribution < -0.4 is 10.9 Å². The summed E-state index contributed by atoms with van der Waals surface area (Å²) >= 11 is 0. The normalized spacial score (nSPS) is 11.8. The quantitative estimate of drug-likeness (QED) is 0.780. The molecule has 0 saturated carbocycles. The van der Waals surface area contributed by atoms with Gasteiger partial charge in [0.25, 0.3) is 5.56 Å². The number of nitrogens with one attached hydrogen (secondary N) is 2. The molecule has 0 spiro atoms. The Morgan fingerprint density at radius 2 is 2.00 bits per heavy atom. The molecule has 6 heteroatoms. The summed E-state index contributed by atoms with van der Waals surface area (Å²) in [7, 11) is 0. The number of rotatable bonds is 3. The zero-order chi connectivity index (χ0) is 16.6. The molecule has 0 fully saturated rings. The largest absolute Gasteiger partial charge is 0.352 e. The van der Waals surface area contributed by atoms with Crippen LogP contribution in [0.3, 0.4) is 0 Å². The number of anilines is 1. The molecule has 120 valence electrons. The molecule has 0 bridgehead atoms. The molecule has 2 N–H and O–H groups in total. The number of H-pyrrole nitrogens is 1. The summed E-state index contributed by atoms with van der Waals surface area (Å²) in [6.45, 7) is 8.75. The van der Waals surface area contributed by atoms with Crippen molar-refractivity contribution in [2.75, 3.05) is 5.32 Å². The van der Waals surface area contributed by atoms with E-state index in [-0.39, 0.29) is 11.1 Å². The molecule has 0 aliphatic rings. The number of aryl methyl sites for hydroxylation is 1. The van der Waals surface area contributed by atoms with Crippen molar-refractivity contribution in [2.24, 2.45) is 0 Å². The summed E-state index contributed by atoms with van der Waals surface area (Å²) in [4.78, 5) is 19.5. The maximum Gasteiger partial charge on any atom is 0.263 e. The number of nitrogens with zero attached hydrogens (tertiary/aromatic N) is 3. The van der Waals surface area contributed by atoms with Gasteiger partial charge in [-0.3, -0.25) is 9.78 Å². The van der Waals surface area contributed by atoms with E-state index in [0.29, 0.717) is 23.5 Å². The Hall–Kier alpha value is -2.63. The number of fused-ring (bicyclic) bond motifs is 1. The highest BCUT2D eigenvalue weighted by atomic mass is 16.1. The number of aromatic amines is 1. The van der Waals surface area contributed by atoms with Crippen LogP contribution in [-0.2, 0) is 12.1 Å². The van der Waals surface area contributed by atoms with E-state index in [2.05, 4.69) is 39.4 Å². The number of hydrogen-bond donors (Lipinski definition) is 2. The Morgan fingerprint density at radius 1 is 1.26 bits per heavy atom. The Bertz CT molecular complexity index is 901. The van der Waals surface area contributed by atoms with Crippen molar-refractivity contribution in [3.8, 4) is 0 Å². The SMILES string of the molecule is Cc1ccccc1CNc1nc2c(cnn2C(C)(C)C)c(=O)[nH]1. The van der Waals surface area contributed by atoms with Crippen molar-refractivity contribution >= 4 is 17.0 Å². The summed E-state index contributed by atoms with van der Waals surface area (Å²) in [6.07, 6.45) is 1.57. The van der Waals surface area contributed by atoms with Gasteiger partial charge in [-0.15, -0.1) is 0 Å². The average molecular weight is 311 g/mol. The highest BCUT2D eigenvalue weighted by Crippen LogP contribution is 2.19. The van der Waals surface area contributed by atoms with Gasteiger partial charge in [0.2, 0.25) is 5.95 Å². The first-order valence-electron chi connectivity index (χ1n) is 7.63. The second-order valence-electron chi connectivity index (χ2n) is 6.66. The predicted molar refractivity (Wildman–Crippen MR) is 91.7 cm³/mol. The van der Waals surface area contributed by atoms with Crippen LogP contribution in [0.2, 0.25) is 0 Å². The third-order valence-corrected chi connectivity index (χ3v) is 3.78. The van der Waals surface area contributed by atoms with Gasteiger partial charge >= 0.3 is 0 Å². The van der Waals surface area contributed by atoms with Gasteiger partial charge in [-0.05, 0) is 38.8 Å². The summed E-state index contributed by atoms with van der Waals surface area (Å²) in [5.41, 5.74) is 2.53. The van der Waals surface area contributed by atoms with Crippen LogP contribution in [0.4, 0.5) is 5.95 Å². The first-order chi connectivity index (χ1) is 10.9. The van der Waals surface area contributed by atoms with Gasteiger partial charge in [-0.2, -0.15) is 10.1 Å². The van der Waals surface area contributed by atoms with E-state index in [1.165, 1.54) is 11.1 Å². The van der Waals surface area contributed by atoms with Crippen molar-refractivity contribution in [3.05, 3.63) is 51.9 Å². The summed E-state index contributed by atoms with van der Waals surface area (Å²) in [5, 5.41) is 8.00. The zero-order valence-corrected chi connectivity index (χ0v) is 13.8. The van der Waals surface area contributed by atoms with E-state index in [4.69, 9.17) is 0 Å². The Labute approximate surface area is 134 Å². The van der Waals surface area contributed by atoms with Gasteiger partial charge < -0.3 is 5.32 Å². The maximum absolute atomic E-state index is 12.2. The first-order valence-corrected chi connectivity index (χ1v) is 7.63. The Balaban J connectivity index is 1.96. The molecule has 3 rings (SSSR count). The van der Waals surface area contributed by atoms with Crippen LogP contribution in [0.25, 0.3) is 11.0 Å². The van der Waals surface area contributed by atoms with Crippen LogP contribution in [0.15, 0.2) is 35.3 Å². The van der Waals surface area contributed by atoms with Crippen molar-refractivity contribution in [1.29, 1.82) is 0 Å². The van der Waals surface area contributed by atoms with Crippen LogP contribution in [0.5, 0.6) is 0 Å². The molecule has 0 unspecified atom stereocenters. The van der Waals surface area contributed by atoms with Crippen molar-refractivity contribution < 1.29 is 0 Å². The smallest absolute Gasteiger partial charge is 0.263 e. The van der Waals surface area contributed by atoms with Crippen molar-refractivity contribution in [3.63, 3.8) is 0 Å². The molecule has 0 radical (unpaired) electrons. The molecule has 0 amide bonds. The van der Waals surface area contributed by atoms with Crippen LogP contribution in [-0.4, -0.2) is 19.7 Å². The fourth-order valence-corrected chi connectivity index (χ4v) is 2.48. The van der Waals surface area contributed by atoms with Gasteiger partial charge in [0.05, 0.1) is 11.7 Å². The third-order valence-electron chi connectivity index (χ3n) is 3.78. The number of hydrogen-bond acceptors (Lipinski definition) is 4. The molecule has 2 heterocycles. The second kappa shape index (κ2) is 5.53. The van der Waals surface area contributed by atoms with E-state index in [9.17, 15) is 4.79 Å². The van der Waals surface area contributed by atoms with Gasteiger partial charge in [0, 0.05) is 6.54 Å². The molecule has 0 aliphatic carbocycles. The van der Waals surface area contributed by atoms with E-state index in [1.54, 1.807) is 10.9 Å². The molecule has 1 aromatic carbocycles. The molecule has 23 heavy (non-hydrogen) atoms. The summed E-state index contributed by atoms with van der Waals surface area (Å²) in [6, 6.07) is 8.12. The molecule has 0 saturated heterocycles. The standard InChI is InChI=1S/C17H21N5O/c1-11-7-5-6-8-12(11)9-18-16-20-14-13(15(23)21-16)10-19-22(14)17(2,3)4/h5-8,10H,9H2,1-4H3,(H2,18,20,21,23). The zero-order valence-electron chi connectivity index (χ0n) is 13.8. The lowest BCUT2D eigenvalue weighted by molar-refractivity contribution is 0.366. The lowest BCUT2D eigenvalue weighted by Gasteiger charge is -2.19. The molecule has 2 aromatic heterocycles. The van der Waals surface area contributed by atoms with E-state index in [1.807, 2.05) is 32.9 Å². The van der Waals surface area contributed by atoms with Gasteiger partial charge in [0.15, 0.2) is 5.65 Å². The van der Waals surface area contributed by atoms with Gasteiger partial charge in [-0.1, -0.05) is 24.3 Å². The fourth-order valence-electron chi connectivity index (χ4n) is 2.48. The highest BCUT2D eigenvalue weighted by molar-refractivity contribution is 5.74. The van der Waals surface area contributed by atoms with Crippen LogP contribution >= 0.6 is 0 Å². The van der Waals surface area contributed by atoms with E-state index < -0.39 is 0 Å². The van der Waals surface area contributed by atoms with Gasteiger partial charge in [0.1, 0.15) is 5.39 Å². The minimum atomic E-state index is -0.240. The number of benzene rings is 1. The monoisotopic (exact) mass is 311 g/mol. The second-order valence-corrected chi connectivity index (χ2v) is 6.66. The Kier molecular flexibility index (Phi) is 3.67. The topological polar surface area (TPSA) is 75.6 Å². The van der Waals surface area contributed by atoms with Crippen LogP contribution in [0, 0.1) is 6.92 Å². The first kappa shape index (κ1) is 15.3. The average Bonchev–Trinajstić information content (AvgIpc) is 2.91. The molecule has 0 atom stereocenters.